The van der Waals surface area contributed by atoms with Gasteiger partial charge in [0.2, 0.25) is 5.91 Å². The third kappa shape index (κ3) is 6.23. The minimum atomic E-state index is -1.15. The summed E-state index contributed by atoms with van der Waals surface area (Å²) in [4.78, 5) is 56.2. The summed E-state index contributed by atoms with van der Waals surface area (Å²) in [7, 11) is 0. The zero-order valence-corrected chi connectivity index (χ0v) is 21.5. The van der Waals surface area contributed by atoms with E-state index in [0.29, 0.717) is 30.5 Å². The number of imide groups is 1. The molecule has 9 heteroatoms. The summed E-state index contributed by atoms with van der Waals surface area (Å²) in [5, 5.41) is 17.4. The predicted molar refractivity (Wildman–Crippen MR) is 143 cm³/mol. The molecule has 3 amide bonds. The van der Waals surface area contributed by atoms with Gasteiger partial charge in [0, 0.05) is 25.5 Å². The average molecular weight is 517 g/mol. The molecule has 0 fully saturated rings. The Balaban J connectivity index is 1.40. The van der Waals surface area contributed by atoms with E-state index in [1.807, 2.05) is 50.2 Å². The van der Waals surface area contributed by atoms with E-state index in [0.717, 1.165) is 21.2 Å². The molecule has 1 unspecified atom stereocenters. The number of carboxylic acids is 1. The summed E-state index contributed by atoms with van der Waals surface area (Å²) in [6, 6.07) is 12.8. The smallest absolute Gasteiger partial charge is 0.320 e. The second-order valence-corrected chi connectivity index (χ2v) is 9.94. The topological polar surface area (TPSA) is 129 Å². The number of carboxylic acid groups (broad SMARTS) is 1. The first-order valence-corrected chi connectivity index (χ1v) is 12.8. The van der Waals surface area contributed by atoms with Crippen LogP contribution in [-0.2, 0) is 16.0 Å². The SMILES string of the molecule is CC(C)CC(N[C@H](CCN1C(=O)c2cc3ccccc3cc2C1=O)C(=O)O)C(=O)NCCc1cccnc1. The normalized spacial score (nSPS) is 14.6. The number of hydrogen-bond acceptors (Lipinski definition) is 6. The van der Waals surface area contributed by atoms with Crippen LogP contribution in [-0.4, -0.2) is 63.9 Å². The number of rotatable bonds is 12. The van der Waals surface area contributed by atoms with E-state index in [1.165, 1.54) is 0 Å². The number of nitrogens with one attached hydrogen (secondary N) is 2. The summed E-state index contributed by atoms with van der Waals surface area (Å²) in [6.07, 6.45) is 4.42. The van der Waals surface area contributed by atoms with Crippen molar-refractivity contribution in [3.8, 4) is 0 Å². The molecule has 0 bridgehead atoms. The Labute approximate surface area is 221 Å². The van der Waals surface area contributed by atoms with E-state index in [9.17, 15) is 24.3 Å². The fourth-order valence-electron chi connectivity index (χ4n) is 4.68. The molecule has 38 heavy (non-hydrogen) atoms. The van der Waals surface area contributed by atoms with Gasteiger partial charge in [-0.05, 0) is 59.7 Å². The third-order valence-electron chi connectivity index (χ3n) is 6.64. The van der Waals surface area contributed by atoms with Crippen LogP contribution in [0.5, 0.6) is 0 Å². The minimum absolute atomic E-state index is 0.0299. The number of amides is 3. The van der Waals surface area contributed by atoms with Crippen LogP contribution < -0.4 is 10.6 Å². The van der Waals surface area contributed by atoms with E-state index in [-0.39, 0.29) is 24.8 Å². The number of aromatic nitrogens is 1. The highest BCUT2D eigenvalue weighted by atomic mass is 16.4. The van der Waals surface area contributed by atoms with E-state index < -0.39 is 29.9 Å². The molecule has 2 heterocycles. The van der Waals surface area contributed by atoms with E-state index in [4.69, 9.17) is 0 Å². The second kappa shape index (κ2) is 12.0. The van der Waals surface area contributed by atoms with Crippen LogP contribution >= 0.6 is 0 Å². The lowest BCUT2D eigenvalue weighted by molar-refractivity contribution is -0.140. The zero-order valence-electron chi connectivity index (χ0n) is 21.5. The molecule has 0 aliphatic carbocycles. The predicted octanol–water partition coefficient (Wildman–Crippen LogP) is 3.04. The zero-order chi connectivity index (χ0) is 27.2. The van der Waals surface area contributed by atoms with Crippen molar-refractivity contribution in [2.45, 2.75) is 45.2 Å². The van der Waals surface area contributed by atoms with Gasteiger partial charge < -0.3 is 10.4 Å². The van der Waals surface area contributed by atoms with Gasteiger partial charge in [-0.25, -0.2) is 0 Å². The molecule has 4 rings (SSSR count). The molecule has 9 nitrogen and oxygen atoms in total. The standard InChI is InChI=1S/C29H32N4O5/c1-18(2)14-25(26(34)31-12-9-19-6-5-11-30-17-19)32-24(29(37)38)10-13-33-27(35)22-15-20-7-3-4-8-21(20)16-23(22)28(33)36/h3-8,11,15-18,24-25,32H,9-10,12-14H2,1-2H3,(H,31,34)(H,37,38)/t24-,25?/m1/s1. The monoisotopic (exact) mass is 516 g/mol. The first kappa shape index (κ1) is 26.9. The van der Waals surface area contributed by atoms with Crippen LogP contribution in [0.1, 0.15) is 53.0 Å². The number of carbonyl (C=O) groups is 4. The van der Waals surface area contributed by atoms with Gasteiger partial charge >= 0.3 is 5.97 Å². The number of pyridine rings is 1. The van der Waals surface area contributed by atoms with Crippen LogP contribution in [0.4, 0.5) is 0 Å². The number of nitrogens with zero attached hydrogens (tertiary/aromatic N) is 2. The summed E-state index contributed by atoms with van der Waals surface area (Å²) in [5.74, 6) is -2.18. The van der Waals surface area contributed by atoms with Crippen molar-refractivity contribution < 1.29 is 24.3 Å². The molecule has 198 valence electrons. The molecule has 2 atom stereocenters. The van der Waals surface area contributed by atoms with Crippen molar-refractivity contribution in [3.05, 3.63) is 77.6 Å². The maximum atomic E-state index is 13.0. The maximum absolute atomic E-state index is 13.0. The molecular formula is C29H32N4O5. The van der Waals surface area contributed by atoms with Gasteiger partial charge in [-0.2, -0.15) is 0 Å². The van der Waals surface area contributed by atoms with Gasteiger partial charge in [0.15, 0.2) is 0 Å². The Bertz CT molecular complexity index is 1290. The number of aliphatic carboxylic acids is 1. The van der Waals surface area contributed by atoms with Gasteiger partial charge in [-0.3, -0.25) is 34.4 Å². The fourth-order valence-corrected chi connectivity index (χ4v) is 4.68. The highest BCUT2D eigenvalue weighted by Gasteiger charge is 2.37. The Morgan fingerprint density at radius 1 is 0.974 bits per heavy atom. The molecule has 2 aromatic carbocycles. The van der Waals surface area contributed by atoms with Gasteiger partial charge in [0.1, 0.15) is 6.04 Å². The van der Waals surface area contributed by atoms with Crippen molar-refractivity contribution >= 4 is 34.5 Å². The Hall–Kier alpha value is -4.11. The summed E-state index contributed by atoms with van der Waals surface area (Å²) >= 11 is 0. The first-order valence-electron chi connectivity index (χ1n) is 12.8. The summed E-state index contributed by atoms with van der Waals surface area (Å²) in [6.45, 7) is 4.22. The number of carbonyl (C=O) groups excluding carboxylic acids is 3. The molecule has 0 saturated carbocycles. The van der Waals surface area contributed by atoms with Crippen molar-refractivity contribution in [1.29, 1.82) is 0 Å². The van der Waals surface area contributed by atoms with E-state index in [2.05, 4.69) is 15.6 Å². The first-order chi connectivity index (χ1) is 18.2. The highest BCUT2D eigenvalue weighted by Crippen LogP contribution is 2.28. The Morgan fingerprint density at radius 3 is 2.18 bits per heavy atom. The minimum Gasteiger partial charge on any atom is -0.480 e. The van der Waals surface area contributed by atoms with Crippen molar-refractivity contribution in [2.24, 2.45) is 5.92 Å². The molecule has 0 spiro atoms. The van der Waals surface area contributed by atoms with Crippen LogP contribution in [0.2, 0.25) is 0 Å². The van der Waals surface area contributed by atoms with Gasteiger partial charge in [0.25, 0.3) is 11.8 Å². The van der Waals surface area contributed by atoms with E-state index >= 15 is 0 Å². The number of fused-ring (bicyclic) bond motifs is 2. The number of hydrogen-bond donors (Lipinski definition) is 3. The van der Waals surface area contributed by atoms with Gasteiger partial charge in [-0.15, -0.1) is 0 Å². The van der Waals surface area contributed by atoms with E-state index in [1.54, 1.807) is 24.5 Å². The van der Waals surface area contributed by atoms with Crippen LogP contribution in [0, 0.1) is 5.92 Å². The van der Waals surface area contributed by atoms with Crippen molar-refractivity contribution in [3.63, 3.8) is 0 Å². The molecule has 1 aromatic heterocycles. The largest absolute Gasteiger partial charge is 0.480 e. The second-order valence-electron chi connectivity index (χ2n) is 9.94. The van der Waals surface area contributed by atoms with Crippen LogP contribution in [0.25, 0.3) is 10.8 Å². The van der Waals surface area contributed by atoms with Gasteiger partial charge in [0.05, 0.1) is 17.2 Å². The summed E-state index contributed by atoms with van der Waals surface area (Å²) < 4.78 is 0. The highest BCUT2D eigenvalue weighted by molar-refractivity contribution is 6.23. The molecule has 1 aliphatic heterocycles. The maximum Gasteiger partial charge on any atom is 0.320 e. The van der Waals surface area contributed by atoms with Gasteiger partial charge in [-0.1, -0.05) is 44.2 Å². The van der Waals surface area contributed by atoms with Crippen molar-refractivity contribution in [2.75, 3.05) is 13.1 Å². The lowest BCUT2D eigenvalue weighted by Gasteiger charge is -2.25. The Morgan fingerprint density at radius 2 is 1.63 bits per heavy atom. The molecule has 0 radical (unpaired) electrons. The van der Waals surface area contributed by atoms with Crippen molar-refractivity contribution in [1.82, 2.24) is 20.5 Å². The fraction of sp³-hybridized carbons (Fsp3) is 0.345. The lowest BCUT2D eigenvalue weighted by atomic mass is 10.0. The molecule has 1 aliphatic rings. The molecule has 3 N–H and O–H groups in total. The summed E-state index contributed by atoms with van der Waals surface area (Å²) in [5.41, 5.74) is 1.62. The molecule has 3 aromatic rings. The third-order valence-corrected chi connectivity index (χ3v) is 6.64. The average Bonchev–Trinajstić information content (AvgIpc) is 3.13. The van der Waals surface area contributed by atoms with Crippen LogP contribution in [0.15, 0.2) is 60.9 Å². The molecule has 0 saturated heterocycles. The lowest BCUT2D eigenvalue weighted by Crippen LogP contribution is -2.52. The number of benzene rings is 2. The van der Waals surface area contributed by atoms with Crippen LogP contribution in [0.3, 0.4) is 0 Å². The quantitative estimate of drug-likeness (QED) is 0.316. The molecular weight excluding hydrogens is 484 g/mol. The Kier molecular flexibility index (Phi) is 8.48.